The van der Waals surface area contributed by atoms with Crippen LogP contribution in [-0.4, -0.2) is 13.3 Å². The van der Waals surface area contributed by atoms with Crippen LogP contribution in [0, 0.1) is 15.3 Å². The minimum Gasteiger partial charge on any atom is -0.618 e. The summed E-state index contributed by atoms with van der Waals surface area (Å²) < 4.78 is 24.9. The summed E-state index contributed by atoms with van der Waals surface area (Å²) in [6.45, 7) is 0. The normalized spacial score (nSPS) is 11.4. The lowest BCUT2D eigenvalue weighted by Gasteiger charge is -2.10. The van der Waals surface area contributed by atoms with E-state index in [0.29, 0.717) is 0 Å². The lowest BCUT2D eigenvalue weighted by molar-refractivity contribution is -0.646. The molecule has 0 N–H and O–H groups in total. The number of benzene rings is 1. The Morgan fingerprint density at radius 3 is 2.39 bits per heavy atom. The lowest BCUT2D eigenvalue weighted by atomic mass is 10.2. The van der Waals surface area contributed by atoms with Crippen molar-refractivity contribution in [3.05, 3.63) is 66.4 Å². The summed E-state index contributed by atoms with van der Waals surface area (Å²) >= 11 is 17.6. The van der Waals surface area contributed by atoms with Crippen molar-refractivity contribution in [2.45, 2.75) is 10.8 Å². The average Bonchev–Trinajstić information content (AvgIpc) is 2.47. The van der Waals surface area contributed by atoms with E-state index in [1.54, 1.807) is 0 Å². The van der Waals surface area contributed by atoms with E-state index in [-0.39, 0.29) is 20.3 Å². The van der Waals surface area contributed by atoms with Crippen LogP contribution < -0.4 is 4.73 Å². The fraction of sp³-hybridized carbons (Fsp3) is 0.0833. The Labute approximate surface area is 145 Å². The third-order valence-corrected chi connectivity index (χ3v) is 5.73. The van der Waals surface area contributed by atoms with Crippen LogP contribution >= 0.6 is 34.8 Å². The highest BCUT2D eigenvalue weighted by Gasteiger charge is 2.29. The van der Waals surface area contributed by atoms with Gasteiger partial charge in [-0.3, -0.25) is 10.1 Å². The van der Waals surface area contributed by atoms with E-state index in [2.05, 4.69) is 0 Å². The number of hydrogen-bond acceptors (Lipinski definition) is 5. The summed E-state index contributed by atoms with van der Waals surface area (Å²) in [5, 5.41) is 20.9. The van der Waals surface area contributed by atoms with Gasteiger partial charge in [0.1, 0.15) is 5.02 Å². The van der Waals surface area contributed by atoms with E-state index >= 15 is 0 Å². The van der Waals surface area contributed by atoms with Gasteiger partial charge in [0.25, 0.3) is 5.69 Å². The van der Waals surface area contributed by atoms with E-state index < -0.39 is 36.2 Å². The molecule has 0 spiro atoms. The maximum absolute atomic E-state index is 12.3. The first-order valence-corrected chi connectivity index (χ1v) is 8.65. The molecule has 1 aromatic heterocycles. The van der Waals surface area contributed by atoms with Crippen molar-refractivity contribution < 1.29 is 18.1 Å². The van der Waals surface area contributed by atoms with E-state index in [9.17, 15) is 23.7 Å². The van der Waals surface area contributed by atoms with Gasteiger partial charge < -0.3 is 5.21 Å². The zero-order valence-electron chi connectivity index (χ0n) is 11.1. The molecule has 1 aromatic carbocycles. The van der Waals surface area contributed by atoms with Crippen molar-refractivity contribution in [2.75, 3.05) is 0 Å². The minimum absolute atomic E-state index is 0.118. The van der Waals surface area contributed by atoms with Crippen LogP contribution in [0.4, 0.5) is 5.69 Å². The molecule has 11 heteroatoms. The molecule has 23 heavy (non-hydrogen) atoms. The van der Waals surface area contributed by atoms with Crippen LogP contribution in [0.3, 0.4) is 0 Å². The molecular formula is C12H7Cl3N2O5S. The van der Waals surface area contributed by atoms with E-state index in [0.717, 1.165) is 18.3 Å². The van der Waals surface area contributed by atoms with Gasteiger partial charge in [0.15, 0.2) is 6.20 Å². The molecule has 0 atom stereocenters. The van der Waals surface area contributed by atoms with Gasteiger partial charge in [-0.15, -0.1) is 0 Å². The number of pyridine rings is 1. The topological polar surface area (TPSA) is 104 Å². The Bertz CT molecular complexity index is 902. The van der Waals surface area contributed by atoms with Gasteiger partial charge in [-0.1, -0.05) is 34.8 Å². The van der Waals surface area contributed by atoms with Crippen LogP contribution in [0.1, 0.15) is 5.56 Å². The van der Waals surface area contributed by atoms with Gasteiger partial charge in [-0.25, -0.2) is 8.42 Å². The SMILES string of the molecule is O=[N+]([O-])c1cc(Cl)c(CS(=O)(=O)c2cccc[n+]2[O-])c(Cl)c1Cl. The number of hydrogen-bond donors (Lipinski definition) is 0. The molecule has 7 nitrogen and oxygen atoms in total. The number of aromatic nitrogens is 1. The molecule has 1 heterocycles. The smallest absolute Gasteiger partial charge is 0.308 e. The van der Waals surface area contributed by atoms with Gasteiger partial charge >= 0.3 is 5.03 Å². The Morgan fingerprint density at radius 2 is 1.83 bits per heavy atom. The highest BCUT2D eigenvalue weighted by Crippen LogP contribution is 2.40. The summed E-state index contributed by atoms with van der Waals surface area (Å²) in [6, 6.07) is 4.79. The van der Waals surface area contributed by atoms with Crippen LogP contribution in [-0.2, 0) is 15.6 Å². The molecule has 0 aliphatic rings. The highest BCUT2D eigenvalue weighted by atomic mass is 35.5. The minimum atomic E-state index is -4.09. The van der Waals surface area contributed by atoms with Gasteiger partial charge in [0.05, 0.1) is 20.7 Å². The van der Waals surface area contributed by atoms with Crippen LogP contribution in [0.5, 0.6) is 0 Å². The monoisotopic (exact) mass is 396 g/mol. The molecule has 0 saturated heterocycles. The molecule has 0 fully saturated rings. The van der Waals surface area contributed by atoms with E-state index in [1.165, 1.54) is 12.1 Å². The van der Waals surface area contributed by atoms with Crippen LogP contribution in [0.25, 0.3) is 0 Å². The van der Waals surface area contributed by atoms with Crippen molar-refractivity contribution in [1.82, 2.24) is 0 Å². The van der Waals surface area contributed by atoms with Crippen molar-refractivity contribution >= 4 is 50.3 Å². The maximum Gasteiger partial charge on any atom is 0.308 e. The number of sulfone groups is 1. The summed E-state index contributed by atoms with van der Waals surface area (Å²) in [6.07, 6.45) is 1.03. The molecule has 0 radical (unpaired) electrons. The van der Waals surface area contributed by atoms with Gasteiger partial charge in [0, 0.05) is 23.8 Å². The summed E-state index contributed by atoms with van der Waals surface area (Å²) in [5.74, 6) is -0.728. The summed E-state index contributed by atoms with van der Waals surface area (Å²) in [4.78, 5) is 10.0. The van der Waals surface area contributed by atoms with E-state index in [4.69, 9.17) is 34.8 Å². The molecule has 122 valence electrons. The number of halogens is 3. The molecule has 0 aliphatic heterocycles. The maximum atomic E-state index is 12.3. The first-order chi connectivity index (χ1) is 10.6. The molecule has 0 bridgehead atoms. The number of nitro benzene ring substituents is 1. The fourth-order valence-corrected chi connectivity index (χ4v) is 4.23. The Hall–Kier alpha value is -1.61. The zero-order valence-corrected chi connectivity index (χ0v) is 14.2. The standard InChI is InChI=1S/C12H7Cl3N2O5S/c13-8-5-9(17(19)20)12(15)11(14)7(8)6-23(21,22)10-3-1-2-4-16(10)18/h1-5H,6H2. The summed E-state index contributed by atoms with van der Waals surface area (Å²) in [5.41, 5.74) is -0.658. The Kier molecular flexibility index (Phi) is 5.00. The van der Waals surface area contributed by atoms with Crippen molar-refractivity contribution in [1.29, 1.82) is 0 Å². The Morgan fingerprint density at radius 1 is 1.17 bits per heavy atom. The molecule has 0 amide bonds. The van der Waals surface area contributed by atoms with Crippen molar-refractivity contribution in [3.8, 4) is 0 Å². The van der Waals surface area contributed by atoms with Crippen LogP contribution in [0.2, 0.25) is 15.1 Å². The summed E-state index contributed by atoms with van der Waals surface area (Å²) in [7, 11) is -4.09. The third kappa shape index (κ3) is 3.50. The van der Waals surface area contributed by atoms with Crippen LogP contribution in [0.15, 0.2) is 35.5 Å². The largest absolute Gasteiger partial charge is 0.618 e. The quantitative estimate of drug-likeness (QED) is 0.259. The molecular weight excluding hydrogens is 391 g/mol. The second kappa shape index (κ2) is 6.48. The first-order valence-electron chi connectivity index (χ1n) is 5.87. The van der Waals surface area contributed by atoms with Gasteiger partial charge in [0.2, 0.25) is 9.84 Å². The van der Waals surface area contributed by atoms with Crippen molar-refractivity contribution in [3.63, 3.8) is 0 Å². The van der Waals surface area contributed by atoms with E-state index in [1.807, 2.05) is 0 Å². The fourth-order valence-electron chi connectivity index (χ4n) is 1.80. The second-order valence-electron chi connectivity index (χ2n) is 4.36. The number of nitro groups is 1. The first kappa shape index (κ1) is 17.7. The number of nitrogens with zero attached hydrogens (tertiary/aromatic N) is 2. The predicted octanol–water partition coefficient (Wildman–Crippen LogP) is 3.16. The molecule has 0 unspecified atom stereocenters. The predicted molar refractivity (Wildman–Crippen MR) is 84.4 cm³/mol. The zero-order chi connectivity index (χ0) is 17.4. The highest BCUT2D eigenvalue weighted by molar-refractivity contribution is 7.90. The van der Waals surface area contributed by atoms with Gasteiger partial charge in [-0.05, 0) is 6.07 Å². The van der Waals surface area contributed by atoms with Crippen molar-refractivity contribution in [2.24, 2.45) is 0 Å². The average molecular weight is 398 g/mol. The molecule has 0 saturated carbocycles. The molecule has 2 aromatic rings. The molecule has 2 rings (SSSR count). The third-order valence-electron chi connectivity index (χ3n) is 2.87. The second-order valence-corrected chi connectivity index (χ2v) is 7.46. The number of rotatable bonds is 4. The Balaban J connectivity index is 2.55. The van der Waals surface area contributed by atoms with Gasteiger partial charge in [-0.2, -0.15) is 4.73 Å². The lowest BCUT2D eigenvalue weighted by Crippen LogP contribution is -2.33. The molecule has 0 aliphatic carbocycles.